The van der Waals surface area contributed by atoms with E-state index in [1.807, 2.05) is 34.7 Å². The van der Waals surface area contributed by atoms with E-state index in [0.717, 1.165) is 17.9 Å². The maximum atomic E-state index is 13.8. The molecule has 3 aromatic heterocycles. The molecular formula is C25H20ClFN6O2. The number of halogens is 2. The molecule has 0 spiro atoms. The largest absolute Gasteiger partial charge is 0.391 e. The van der Waals surface area contributed by atoms with E-state index in [-0.39, 0.29) is 17.7 Å². The fraction of sp³-hybridized carbons (Fsp3) is 0.160. The van der Waals surface area contributed by atoms with Crippen LogP contribution in [0.2, 0.25) is 5.02 Å². The summed E-state index contributed by atoms with van der Waals surface area (Å²) in [6, 6.07) is 15.4. The molecule has 1 unspecified atom stereocenters. The van der Waals surface area contributed by atoms with Crippen LogP contribution in [0.1, 0.15) is 16.9 Å². The molecule has 1 atom stereocenters. The van der Waals surface area contributed by atoms with Crippen LogP contribution in [0.5, 0.6) is 0 Å². The lowest BCUT2D eigenvalue weighted by atomic mass is 10.1. The van der Waals surface area contributed by atoms with Gasteiger partial charge in [0.1, 0.15) is 23.0 Å². The summed E-state index contributed by atoms with van der Waals surface area (Å²) in [6.45, 7) is 1.28. The molecule has 10 heteroatoms. The Kier molecular flexibility index (Phi) is 5.16. The summed E-state index contributed by atoms with van der Waals surface area (Å²) in [4.78, 5) is 27.0. The first-order valence-electron chi connectivity index (χ1n) is 11.1. The highest BCUT2D eigenvalue weighted by atomic mass is 35.5. The van der Waals surface area contributed by atoms with Crippen molar-refractivity contribution in [1.82, 2.24) is 19.4 Å². The monoisotopic (exact) mass is 490 g/mol. The number of carbonyl (C=O) groups excluding carboxylic acids is 1. The highest BCUT2D eigenvalue weighted by Gasteiger charge is 2.23. The summed E-state index contributed by atoms with van der Waals surface area (Å²) < 4.78 is 15.6. The van der Waals surface area contributed by atoms with E-state index in [4.69, 9.17) is 11.6 Å². The van der Waals surface area contributed by atoms with Gasteiger partial charge in [-0.3, -0.25) is 14.5 Å². The highest BCUT2D eigenvalue weighted by molar-refractivity contribution is 6.30. The maximum absolute atomic E-state index is 13.8. The van der Waals surface area contributed by atoms with E-state index >= 15 is 0 Å². The second-order valence-electron chi connectivity index (χ2n) is 8.56. The molecule has 1 aliphatic rings. The topological polar surface area (TPSA) is 98.5 Å². The SMILES string of the molecule is O=C(Nc1nc2ccc(-c3cc(F)cc(Cl)c3)cc2[nH]1)c1cn2c(N3CCC(O)C3)cccc2n1. The number of pyridine rings is 1. The van der Waals surface area contributed by atoms with Gasteiger partial charge in [0, 0.05) is 24.3 Å². The molecule has 1 saturated heterocycles. The second kappa shape index (κ2) is 8.37. The summed E-state index contributed by atoms with van der Waals surface area (Å²) >= 11 is 5.99. The fourth-order valence-electron chi connectivity index (χ4n) is 4.45. The number of aliphatic hydroxyl groups excluding tert-OH is 1. The Labute approximate surface area is 204 Å². The Morgan fingerprint density at radius 3 is 2.83 bits per heavy atom. The molecule has 1 aliphatic heterocycles. The molecule has 4 heterocycles. The predicted octanol–water partition coefficient (Wildman–Crippen LogP) is 4.49. The van der Waals surface area contributed by atoms with Gasteiger partial charge in [-0.1, -0.05) is 23.7 Å². The number of nitrogens with zero attached hydrogens (tertiary/aromatic N) is 4. The number of rotatable bonds is 4. The molecule has 3 N–H and O–H groups in total. The Morgan fingerprint density at radius 1 is 1.14 bits per heavy atom. The Balaban J connectivity index is 1.26. The maximum Gasteiger partial charge on any atom is 0.278 e. The number of aromatic nitrogens is 4. The number of nitrogens with one attached hydrogen (secondary N) is 2. The number of aromatic amines is 1. The number of imidazole rings is 2. The number of amides is 1. The van der Waals surface area contributed by atoms with E-state index in [1.165, 1.54) is 12.1 Å². The molecule has 6 rings (SSSR count). The number of aliphatic hydroxyl groups is 1. The van der Waals surface area contributed by atoms with Crippen LogP contribution in [0.15, 0.2) is 60.8 Å². The molecule has 176 valence electrons. The van der Waals surface area contributed by atoms with Crippen LogP contribution in [-0.2, 0) is 0 Å². The first kappa shape index (κ1) is 21.6. The van der Waals surface area contributed by atoms with Gasteiger partial charge in [-0.15, -0.1) is 0 Å². The summed E-state index contributed by atoms with van der Waals surface area (Å²) in [7, 11) is 0. The van der Waals surface area contributed by atoms with E-state index in [0.29, 0.717) is 40.2 Å². The number of anilines is 2. The lowest BCUT2D eigenvalue weighted by Crippen LogP contribution is -2.23. The summed E-state index contributed by atoms with van der Waals surface area (Å²) in [6.07, 6.45) is 2.03. The third-order valence-electron chi connectivity index (χ3n) is 6.10. The average Bonchev–Trinajstić information content (AvgIpc) is 3.55. The summed E-state index contributed by atoms with van der Waals surface area (Å²) in [5, 5.41) is 13.0. The van der Waals surface area contributed by atoms with Crippen LogP contribution in [0.3, 0.4) is 0 Å². The molecule has 8 nitrogen and oxygen atoms in total. The smallest absolute Gasteiger partial charge is 0.278 e. The van der Waals surface area contributed by atoms with Gasteiger partial charge in [-0.05, 0) is 60.0 Å². The minimum absolute atomic E-state index is 0.243. The van der Waals surface area contributed by atoms with Crippen molar-refractivity contribution in [3.8, 4) is 11.1 Å². The normalized spacial score (nSPS) is 15.9. The minimum atomic E-state index is -0.415. The fourth-order valence-corrected chi connectivity index (χ4v) is 4.68. The van der Waals surface area contributed by atoms with Crippen LogP contribution < -0.4 is 10.2 Å². The average molecular weight is 491 g/mol. The van der Waals surface area contributed by atoms with Crippen LogP contribution in [0, 0.1) is 5.82 Å². The van der Waals surface area contributed by atoms with Crippen molar-refractivity contribution in [2.24, 2.45) is 0 Å². The zero-order valence-electron chi connectivity index (χ0n) is 18.4. The van der Waals surface area contributed by atoms with Crippen molar-refractivity contribution in [2.45, 2.75) is 12.5 Å². The highest BCUT2D eigenvalue weighted by Crippen LogP contribution is 2.28. The van der Waals surface area contributed by atoms with E-state index in [9.17, 15) is 14.3 Å². The molecule has 0 radical (unpaired) electrons. The van der Waals surface area contributed by atoms with Crippen LogP contribution in [-0.4, -0.2) is 49.6 Å². The number of fused-ring (bicyclic) bond motifs is 2. The molecule has 1 fully saturated rings. The quantitative estimate of drug-likeness (QED) is 0.345. The van der Waals surface area contributed by atoms with Crippen LogP contribution >= 0.6 is 11.6 Å². The molecule has 35 heavy (non-hydrogen) atoms. The lowest BCUT2D eigenvalue weighted by molar-refractivity contribution is 0.102. The first-order chi connectivity index (χ1) is 16.9. The van der Waals surface area contributed by atoms with Crippen molar-refractivity contribution in [3.05, 3.63) is 77.3 Å². The standard InChI is InChI=1S/C25H20ClFN6O2/c26-16-8-15(9-17(27)11-16)14-4-5-19-20(10-14)30-25(29-19)31-24(35)21-13-33-22(28-21)2-1-3-23(33)32-7-6-18(34)12-32/h1-5,8-11,13,18,34H,6-7,12H2,(H2,29,30,31,35). The third kappa shape index (κ3) is 4.09. The number of carbonyl (C=O) groups is 1. The lowest BCUT2D eigenvalue weighted by Gasteiger charge is -2.18. The van der Waals surface area contributed by atoms with Gasteiger partial charge in [-0.25, -0.2) is 14.4 Å². The number of β-amino-alcohol motifs (C(OH)–C–C–N with tert-alkyl or cyclic N) is 1. The third-order valence-corrected chi connectivity index (χ3v) is 6.32. The Hall–Kier alpha value is -3.95. The number of hydrogen-bond donors (Lipinski definition) is 3. The van der Waals surface area contributed by atoms with E-state index < -0.39 is 11.7 Å². The van der Waals surface area contributed by atoms with Crippen molar-refractivity contribution in [1.29, 1.82) is 0 Å². The van der Waals surface area contributed by atoms with Gasteiger partial charge in [0.2, 0.25) is 5.95 Å². The van der Waals surface area contributed by atoms with Gasteiger partial charge in [0.05, 0.1) is 17.1 Å². The van der Waals surface area contributed by atoms with Crippen molar-refractivity contribution in [2.75, 3.05) is 23.3 Å². The molecule has 0 saturated carbocycles. The van der Waals surface area contributed by atoms with Crippen molar-refractivity contribution >= 4 is 46.0 Å². The molecular weight excluding hydrogens is 471 g/mol. The van der Waals surface area contributed by atoms with Gasteiger partial charge in [0.15, 0.2) is 0 Å². The second-order valence-corrected chi connectivity index (χ2v) is 8.99. The van der Waals surface area contributed by atoms with Crippen LogP contribution in [0.25, 0.3) is 27.8 Å². The molecule has 2 aromatic carbocycles. The van der Waals surface area contributed by atoms with Crippen LogP contribution in [0.4, 0.5) is 16.2 Å². The number of benzene rings is 2. The number of H-pyrrole nitrogens is 1. The van der Waals surface area contributed by atoms with Gasteiger partial charge < -0.3 is 15.0 Å². The summed E-state index contributed by atoms with van der Waals surface area (Å²) in [5.41, 5.74) is 3.62. The predicted molar refractivity (Wildman–Crippen MR) is 132 cm³/mol. The molecule has 0 aliphatic carbocycles. The van der Waals surface area contributed by atoms with E-state index in [1.54, 1.807) is 18.3 Å². The first-order valence-corrected chi connectivity index (χ1v) is 11.5. The van der Waals surface area contributed by atoms with Gasteiger partial charge in [-0.2, -0.15) is 0 Å². The number of hydrogen-bond acceptors (Lipinski definition) is 5. The zero-order chi connectivity index (χ0) is 24.1. The van der Waals surface area contributed by atoms with Crippen molar-refractivity contribution < 1.29 is 14.3 Å². The Bertz CT molecular complexity index is 1580. The molecule has 1 amide bonds. The van der Waals surface area contributed by atoms with Gasteiger partial charge >= 0.3 is 0 Å². The Morgan fingerprint density at radius 2 is 2.03 bits per heavy atom. The summed E-state index contributed by atoms with van der Waals surface area (Å²) in [5.74, 6) is 0.331. The minimum Gasteiger partial charge on any atom is -0.391 e. The van der Waals surface area contributed by atoms with Crippen molar-refractivity contribution in [3.63, 3.8) is 0 Å². The molecule has 5 aromatic rings. The molecule has 0 bridgehead atoms. The van der Waals surface area contributed by atoms with Gasteiger partial charge in [0.25, 0.3) is 5.91 Å². The zero-order valence-corrected chi connectivity index (χ0v) is 19.1. The van der Waals surface area contributed by atoms with E-state index in [2.05, 4.69) is 25.2 Å².